The second-order valence-electron chi connectivity index (χ2n) is 20.7. The lowest BCUT2D eigenvalue weighted by Gasteiger charge is -2.72. The van der Waals surface area contributed by atoms with Crippen LogP contribution in [-0.4, -0.2) is 58.9 Å². The van der Waals surface area contributed by atoms with Gasteiger partial charge in [-0.2, -0.15) is 0 Å². The number of carbonyl (C=O) groups is 3. The van der Waals surface area contributed by atoms with Crippen molar-refractivity contribution in [3.05, 3.63) is 41.0 Å². The number of ether oxygens (including phenoxy) is 1. The van der Waals surface area contributed by atoms with Crippen LogP contribution < -0.4 is 5.32 Å². The van der Waals surface area contributed by atoms with Gasteiger partial charge in [0.25, 0.3) is 0 Å². The number of fused-ring (bicyclic) bond motifs is 8. The van der Waals surface area contributed by atoms with Crippen LogP contribution in [0.4, 0.5) is 5.69 Å². The van der Waals surface area contributed by atoms with Gasteiger partial charge in [0.15, 0.2) is 5.78 Å². The van der Waals surface area contributed by atoms with Crippen LogP contribution in [0.2, 0.25) is 0 Å². The predicted molar refractivity (Wildman–Crippen MR) is 211 cm³/mol. The summed E-state index contributed by atoms with van der Waals surface area (Å²) in [6, 6.07) is 8.27. The van der Waals surface area contributed by atoms with Crippen LogP contribution in [0.15, 0.2) is 40.4 Å². The van der Waals surface area contributed by atoms with Crippen LogP contribution in [0.5, 0.6) is 0 Å². The first-order valence-electron chi connectivity index (χ1n) is 20.9. The molecule has 0 spiro atoms. The number of allylic oxidation sites excluding steroid dienone is 1. The molecule has 6 aliphatic rings. The Kier molecular flexibility index (Phi) is 9.77. The quantitative estimate of drug-likeness (QED) is 0.205. The molecular formula is C46H66N2O6. The fourth-order valence-electron chi connectivity index (χ4n) is 13.8. The van der Waals surface area contributed by atoms with Crippen molar-refractivity contribution in [1.82, 2.24) is 5.32 Å². The molecule has 0 unspecified atom stereocenters. The zero-order valence-corrected chi connectivity index (χ0v) is 34.4. The van der Waals surface area contributed by atoms with Crippen LogP contribution in [0.3, 0.4) is 0 Å². The van der Waals surface area contributed by atoms with E-state index in [0.29, 0.717) is 31.3 Å². The summed E-state index contributed by atoms with van der Waals surface area (Å²) in [6.45, 7) is 20.7. The van der Waals surface area contributed by atoms with Crippen molar-refractivity contribution in [2.75, 3.05) is 13.1 Å². The third-order valence-corrected chi connectivity index (χ3v) is 16.8. The summed E-state index contributed by atoms with van der Waals surface area (Å²) < 4.78 is 6.17. The SMILES string of the molecule is CC(C)C1=C2[C@H]3CC[C@@H]4[C@@]5(C)CC[C@H](OC(=O)CC(C)(C)C(=O)O)C(C)(C)[C@@H]5CC[C@@]4(C)[C@]3(C)CC[C@@]2([C@@H](O)CNCC2=Nc3ccccc3C2)CC1=O. The molecule has 7 rings (SSSR count). The number of aliphatic hydroxyl groups is 1. The number of benzene rings is 1. The largest absolute Gasteiger partial charge is 0.481 e. The molecule has 4 fully saturated rings. The molecule has 1 heterocycles. The number of aliphatic hydroxyl groups excluding tert-OH is 1. The molecule has 1 aromatic rings. The molecule has 1 aliphatic heterocycles. The van der Waals surface area contributed by atoms with E-state index in [1.807, 2.05) is 6.07 Å². The zero-order valence-electron chi connectivity index (χ0n) is 34.4. The number of Topliss-reactive ketones (excluding diaryl/α,β-unsaturated/α-hetero) is 1. The van der Waals surface area contributed by atoms with E-state index in [2.05, 4.69) is 72.0 Å². The summed E-state index contributed by atoms with van der Waals surface area (Å²) in [5, 5.41) is 25.4. The summed E-state index contributed by atoms with van der Waals surface area (Å²) in [7, 11) is 0. The first kappa shape index (κ1) is 39.4. The zero-order chi connectivity index (χ0) is 39.2. The topological polar surface area (TPSA) is 125 Å². The monoisotopic (exact) mass is 742 g/mol. The number of rotatable bonds is 10. The Labute approximate surface area is 323 Å². The number of hydrogen-bond donors (Lipinski definition) is 3. The van der Waals surface area contributed by atoms with Gasteiger partial charge in [-0.15, -0.1) is 0 Å². The van der Waals surface area contributed by atoms with Gasteiger partial charge in [-0.3, -0.25) is 19.4 Å². The normalized spacial score (nSPS) is 37.5. The number of ketones is 1. The van der Waals surface area contributed by atoms with Gasteiger partial charge in [0.2, 0.25) is 0 Å². The third kappa shape index (κ3) is 5.89. The van der Waals surface area contributed by atoms with E-state index in [4.69, 9.17) is 9.73 Å². The van der Waals surface area contributed by atoms with Crippen molar-refractivity contribution in [2.24, 2.45) is 61.2 Å². The van der Waals surface area contributed by atoms with Crippen molar-refractivity contribution < 1.29 is 29.3 Å². The van der Waals surface area contributed by atoms with Gasteiger partial charge in [-0.25, -0.2) is 0 Å². The standard InChI is InChI=1S/C46H66N2O6/c1-27(2)38-32(49)23-46(35(50)26-47-25-29-22-28-12-10-11-13-31(28)48-29)21-20-44(8)30(39(38)46)14-15-34-43(7)18-17-36(54-37(51)24-41(3,4)40(52)53)42(5,6)33(43)16-19-45(34,44)9/h10-13,27,30,33-36,47,50H,14-26H2,1-9H3,(H,52,53)/t30-,33+,34-,35+,36+,43+,44-,45-,46+/m1/s1. The minimum atomic E-state index is -1.16. The minimum absolute atomic E-state index is 0.0130. The molecule has 9 atom stereocenters. The van der Waals surface area contributed by atoms with E-state index >= 15 is 0 Å². The van der Waals surface area contributed by atoms with Gasteiger partial charge >= 0.3 is 11.9 Å². The van der Waals surface area contributed by atoms with Crippen molar-refractivity contribution in [3.8, 4) is 0 Å². The van der Waals surface area contributed by atoms with E-state index < -0.39 is 28.9 Å². The summed E-state index contributed by atoms with van der Waals surface area (Å²) in [6.07, 6.45) is 8.04. The number of aliphatic imine (C=N–C) groups is 1. The fraction of sp³-hybridized carbons (Fsp3) is 0.739. The van der Waals surface area contributed by atoms with Gasteiger partial charge in [0.05, 0.1) is 23.6 Å². The highest BCUT2D eigenvalue weighted by Gasteiger charge is 2.70. The molecule has 0 aromatic heterocycles. The number of hydrogen-bond acceptors (Lipinski definition) is 7. The maximum Gasteiger partial charge on any atom is 0.309 e. The molecule has 8 heteroatoms. The van der Waals surface area contributed by atoms with Gasteiger partial charge in [-0.05, 0) is 122 Å². The van der Waals surface area contributed by atoms with E-state index in [9.17, 15) is 24.6 Å². The summed E-state index contributed by atoms with van der Waals surface area (Å²) >= 11 is 0. The summed E-state index contributed by atoms with van der Waals surface area (Å²) in [5.41, 5.74) is 3.83. The molecular weight excluding hydrogens is 677 g/mol. The van der Waals surface area contributed by atoms with Gasteiger partial charge in [-0.1, -0.05) is 72.2 Å². The van der Waals surface area contributed by atoms with E-state index in [1.54, 1.807) is 13.8 Å². The number of nitrogens with one attached hydrogen (secondary N) is 1. The predicted octanol–water partition coefficient (Wildman–Crippen LogP) is 8.66. The third-order valence-electron chi connectivity index (χ3n) is 16.8. The van der Waals surface area contributed by atoms with E-state index in [0.717, 1.165) is 74.8 Å². The minimum Gasteiger partial charge on any atom is -0.481 e. The van der Waals surface area contributed by atoms with Gasteiger partial charge in [0.1, 0.15) is 6.10 Å². The number of aliphatic carboxylic acids is 1. The van der Waals surface area contributed by atoms with Crippen LogP contribution in [-0.2, 0) is 25.5 Å². The average molecular weight is 743 g/mol. The number of esters is 1. The molecule has 5 aliphatic carbocycles. The van der Waals surface area contributed by atoms with E-state index in [-0.39, 0.29) is 51.8 Å². The molecule has 0 bridgehead atoms. The van der Waals surface area contributed by atoms with Crippen molar-refractivity contribution in [1.29, 1.82) is 0 Å². The fourth-order valence-corrected chi connectivity index (χ4v) is 13.8. The molecule has 8 nitrogen and oxygen atoms in total. The van der Waals surface area contributed by atoms with Crippen LogP contribution in [0.1, 0.15) is 132 Å². The number of carboxylic acid groups (broad SMARTS) is 1. The Bertz CT molecular complexity index is 1770. The number of para-hydroxylation sites is 1. The Morgan fingerprint density at radius 2 is 1.69 bits per heavy atom. The highest BCUT2D eigenvalue weighted by molar-refractivity contribution is 6.01. The Hall–Kier alpha value is -2.84. The summed E-state index contributed by atoms with van der Waals surface area (Å²) in [5.74, 6) is 0.0549. The Balaban J connectivity index is 1.12. The van der Waals surface area contributed by atoms with E-state index in [1.165, 1.54) is 11.1 Å². The van der Waals surface area contributed by atoms with Crippen molar-refractivity contribution in [2.45, 2.75) is 145 Å². The molecule has 0 saturated heterocycles. The Morgan fingerprint density at radius 3 is 2.37 bits per heavy atom. The number of carbonyl (C=O) groups excluding carboxylic acids is 2. The van der Waals surface area contributed by atoms with Crippen LogP contribution >= 0.6 is 0 Å². The van der Waals surface area contributed by atoms with Crippen molar-refractivity contribution in [3.63, 3.8) is 0 Å². The molecule has 296 valence electrons. The lowest BCUT2D eigenvalue weighted by Crippen LogP contribution is -2.66. The lowest BCUT2D eigenvalue weighted by molar-refractivity contribution is -0.235. The molecule has 0 radical (unpaired) electrons. The molecule has 1 aromatic carbocycles. The average Bonchev–Trinajstić information content (AvgIpc) is 3.64. The first-order chi connectivity index (χ1) is 25.2. The molecule has 54 heavy (non-hydrogen) atoms. The second kappa shape index (κ2) is 13.4. The molecule has 3 N–H and O–H groups in total. The highest BCUT2D eigenvalue weighted by Crippen LogP contribution is 2.77. The van der Waals surface area contributed by atoms with Gasteiger partial charge in [0, 0.05) is 42.5 Å². The lowest BCUT2D eigenvalue weighted by atomic mass is 9.33. The smallest absolute Gasteiger partial charge is 0.309 e. The molecule has 0 amide bonds. The maximum absolute atomic E-state index is 14.1. The first-order valence-corrected chi connectivity index (χ1v) is 20.9. The van der Waals surface area contributed by atoms with Crippen LogP contribution in [0.25, 0.3) is 0 Å². The number of carboxylic acids is 1. The van der Waals surface area contributed by atoms with Gasteiger partial charge < -0.3 is 20.3 Å². The molecule has 4 saturated carbocycles. The number of nitrogens with zero attached hydrogens (tertiary/aromatic N) is 1. The maximum atomic E-state index is 14.1. The summed E-state index contributed by atoms with van der Waals surface area (Å²) in [4.78, 5) is 43.8. The Morgan fingerprint density at radius 1 is 0.963 bits per heavy atom. The van der Waals surface area contributed by atoms with Crippen LogP contribution in [0, 0.1) is 56.2 Å². The second-order valence-corrected chi connectivity index (χ2v) is 20.7. The van der Waals surface area contributed by atoms with Crippen molar-refractivity contribution >= 4 is 29.1 Å². The highest BCUT2D eigenvalue weighted by atomic mass is 16.5.